The Morgan fingerprint density at radius 2 is 1.49 bits per heavy atom. The van der Waals surface area contributed by atoms with E-state index >= 15 is 0 Å². The van der Waals surface area contributed by atoms with Gasteiger partial charge in [-0.05, 0) is 134 Å². The third-order valence-corrected chi connectivity index (χ3v) is 17.1. The number of unbranched alkanes of at least 4 members (excludes halogenated alkanes) is 2. The van der Waals surface area contributed by atoms with Gasteiger partial charge in [-0.3, -0.25) is 18.7 Å². The maximum atomic E-state index is 14.5. The second kappa shape index (κ2) is 21.8. The van der Waals surface area contributed by atoms with Crippen LogP contribution in [0.15, 0.2) is 103 Å². The molecular formula is C55H65N5O10S2. The van der Waals surface area contributed by atoms with Crippen LogP contribution >= 0.6 is 11.3 Å². The molecule has 7 atom stereocenters. The van der Waals surface area contributed by atoms with Crippen molar-refractivity contribution in [2.45, 2.75) is 122 Å². The van der Waals surface area contributed by atoms with Crippen LogP contribution in [0.5, 0.6) is 17.2 Å². The maximum Gasteiger partial charge on any atom is 0.246 e. The minimum Gasteiger partial charge on any atom is -0.508 e. The number of likely N-dealkylation sites (tertiary alicyclic amines) is 1. The van der Waals surface area contributed by atoms with Crippen LogP contribution < -0.4 is 19.7 Å². The highest BCUT2D eigenvalue weighted by atomic mass is 32.2. The quantitative estimate of drug-likeness (QED) is 0.0499. The summed E-state index contributed by atoms with van der Waals surface area (Å²) in [6, 6.07) is 26.1. The third kappa shape index (κ3) is 11.3. The van der Waals surface area contributed by atoms with Gasteiger partial charge in [-0.25, -0.2) is 13.4 Å². The summed E-state index contributed by atoms with van der Waals surface area (Å²) in [5, 5.41) is 35.8. The predicted octanol–water partition coefficient (Wildman–Crippen LogP) is 8.15. The van der Waals surface area contributed by atoms with Gasteiger partial charge < -0.3 is 40.3 Å². The Morgan fingerprint density at radius 1 is 0.861 bits per heavy atom. The Bertz CT molecular complexity index is 2860. The Hall–Kier alpha value is -6.27. The zero-order valence-corrected chi connectivity index (χ0v) is 43.2. The maximum absolute atomic E-state index is 14.5. The number of carbonyl (C=O) groups excluding carboxylic acids is 3. The lowest BCUT2D eigenvalue weighted by molar-refractivity contribution is -0.144. The predicted molar refractivity (Wildman–Crippen MR) is 279 cm³/mol. The molecule has 4 aromatic carbocycles. The van der Waals surface area contributed by atoms with Crippen molar-refractivity contribution in [2.75, 3.05) is 24.0 Å². The minimum absolute atomic E-state index is 0.0157. The number of nitrogens with zero attached hydrogens (tertiary/aromatic N) is 3. The first-order chi connectivity index (χ1) is 34.3. The number of phenols is 2. The summed E-state index contributed by atoms with van der Waals surface area (Å²) in [5.74, 6) is -0.286. The van der Waals surface area contributed by atoms with Gasteiger partial charge in [-0.1, -0.05) is 69.3 Å². The number of benzene rings is 4. The number of aryl methyl sites for hydroxylation is 1. The lowest BCUT2D eigenvalue weighted by atomic mass is 9.83. The van der Waals surface area contributed by atoms with Crippen LogP contribution in [-0.2, 0) is 29.1 Å². The van der Waals surface area contributed by atoms with Crippen LogP contribution in [0.3, 0.4) is 0 Å². The molecule has 0 aliphatic carbocycles. The smallest absolute Gasteiger partial charge is 0.246 e. The van der Waals surface area contributed by atoms with E-state index < -0.39 is 57.0 Å². The Morgan fingerprint density at radius 3 is 2.08 bits per heavy atom. The number of nitrogens with one attached hydrogen (secondary N) is 2. The first kappa shape index (κ1) is 52.1. The number of anilines is 1. The molecule has 72 heavy (non-hydrogen) atoms. The van der Waals surface area contributed by atoms with Crippen LogP contribution in [-0.4, -0.2) is 107 Å². The van der Waals surface area contributed by atoms with Crippen LogP contribution in [0.1, 0.15) is 102 Å². The van der Waals surface area contributed by atoms with Crippen molar-refractivity contribution in [1.82, 2.24) is 20.5 Å². The Kier molecular flexibility index (Phi) is 15.8. The van der Waals surface area contributed by atoms with Crippen molar-refractivity contribution >= 4 is 55.9 Å². The number of carbonyl (C=O) groups is 3. The zero-order chi connectivity index (χ0) is 51.5. The number of sulfonamides is 1. The number of β-amino-alcohol motifs (C(OH)–C–C–N with tert-alkyl or cyclic N) is 1. The fourth-order valence-corrected chi connectivity index (χ4v) is 12.9. The number of hydrogen-bond acceptors (Lipinski definition) is 12. The van der Waals surface area contributed by atoms with Gasteiger partial charge in [0.15, 0.2) is 0 Å². The average molecular weight is 1020 g/mol. The molecule has 3 unspecified atom stereocenters. The summed E-state index contributed by atoms with van der Waals surface area (Å²) in [5.41, 5.74) is 7.72. The molecule has 1 aromatic heterocycles. The topological polar surface area (TPSA) is 208 Å². The molecule has 5 aromatic rings. The van der Waals surface area contributed by atoms with Gasteiger partial charge in [0.25, 0.3) is 0 Å². The molecule has 8 rings (SSSR count). The molecule has 17 heteroatoms. The molecule has 0 radical (unpaired) electrons. The second-order valence-corrected chi connectivity index (χ2v) is 22.9. The van der Waals surface area contributed by atoms with Gasteiger partial charge in [0, 0.05) is 25.9 Å². The van der Waals surface area contributed by atoms with Gasteiger partial charge in [0.1, 0.15) is 40.7 Å². The number of hydrogen-bond donors (Lipinski definition) is 5. The SMILES string of the molecule is CCN(c1ccc(OCCCCCC(=O)N[C@H](C(=O)N2C[C@@H](O)C[C@H]2C(=O)N[C@@H](C)c2ccc(-c3scnc3C)cc2)C(C)(C)C)cc1)S(=O)(=O)C1CC2OC1C(c1ccc(O)cc1)=C2c1ccc(O)cc1. The highest BCUT2D eigenvalue weighted by Gasteiger charge is 2.54. The van der Waals surface area contributed by atoms with E-state index in [-0.39, 0.29) is 61.7 Å². The molecule has 4 heterocycles. The first-order valence-corrected chi connectivity index (χ1v) is 27.0. The van der Waals surface area contributed by atoms with Crippen LogP contribution in [0.25, 0.3) is 21.6 Å². The van der Waals surface area contributed by atoms with E-state index in [0.29, 0.717) is 37.3 Å². The molecule has 2 fully saturated rings. The molecule has 382 valence electrons. The number of thiazole rings is 1. The molecule has 0 spiro atoms. The summed E-state index contributed by atoms with van der Waals surface area (Å²) in [6.07, 6.45) is 0.291. The number of aliphatic hydroxyl groups excluding tert-OH is 1. The van der Waals surface area contributed by atoms with E-state index in [1.807, 2.05) is 64.4 Å². The first-order valence-electron chi connectivity index (χ1n) is 24.7. The van der Waals surface area contributed by atoms with Crippen molar-refractivity contribution in [3.63, 3.8) is 0 Å². The van der Waals surface area contributed by atoms with Crippen molar-refractivity contribution in [3.8, 4) is 27.7 Å². The van der Waals surface area contributed by atoms with E-state index in [4.69, 9.17) is 9.47 Å². The lowest BCUT2D eigenvalue weighted by Crippen LogP contribution is -2.57. The molecule has 2 saturated heterocycles. The molecule has 3 aliphatic rings. The minimum atomic E-state index is -3.93. The zero-order valence-electron chi connectivity index (χ0n) is 41.6. The molecular weight excluding hydrogens is 955 g/mol. The number of aromatic hydroxyl groups is 2. The van der Waals surface area contributed by atoms with E-state index in [1.165, 1.54) is 9.21 Å². The van der Waals surface area contributed by atoms with Crippen molar-refractivity contribution < 1.29 is 47.6 Å². The van der Waals surface area contributed by atoms with Crippen LogP contribution in [0, 0.1) is 12.3 Å². The molecule has 0 saturated carbocycles. The highest BCUT2D eigenvalue weighted by molar-refractivity contribution is 7.93. The van der Waals surface area contributed by atoms with Crippen molar-refractivity contribution in [1.29, 1.82) is 0 Å². The number of phenolic OH excluding ortho intramolecular Hbond substituents is 2. The number of amides is 3. The van der Waals surface area contributed by atoms with E-state index in [1.54, 1.807) is 91.1 Å². The normalized spacial score (nSPS) is 20.6. The number of fused-ring (bicyclic) bond motifs is 2. The Balaban J connectivity index is 0.810. The monoisotopic (exact) mass is 1020 g/mol. The summed E-state index contributed by atoms with van der Waals surface area (Å²) >= 11 is 1.57. The van der Waals surface area contributed by atoms with E-state index in [9.17, 15) is 38.1 Å². The summed E-state index contributed by atoms with van der Waals surface area (Å²) < 4.78 is 42.8. The molecule has 3 aliphatic heterocycles. The largest absolute Gasteiger partial charge is 0.508 e. The van der Waals surface area contributed by atoms with E-state index in [0.717, 1.165) is 44.0 Å². The number of rotatable bonds is 19. The number of ether oxygens (including phenoxy) is 2. The highest BCUT2D eigenvalue weighted by Crippen LogP contribution is 2.51. The van der Waals surface area contributed by atoms with Crippen molar-refractivity contribution in [3.05, 3.63) is 125 Å². The van der Waals surface area contributed by atoms with Gasteiger partial charge in [0.05, 0.1) is 46.6 Å². The third-order valence-electron chi connectivity index (χ3n) is 13.8. The van der Waals surface area contributed by atoms with Crippen LogP contribution in [0.4, 0.5) is 5.69 Å². The molecule has 15 nitrogen and oxygen atoms in total. The number of aromatic nitrogens is 1. The average Bonchev–Trinajstić information content (AvgIpc) is 4.17. The fourth-order valence-electron chi connectivity index (χ4n) is 10.0. The summed E-state index contributed by atoms with van der Waals surface area (Å²) in [4.78, 5) is 48.0. The lowest BCUT2D eigenvalue weighted by Gasteiger charge is -2.35. The van der Waals surface area contributed by atoms with Gasteiger partial charge in [-0.15, -0.1) is 11.3 Å². The van der Waals surface area contributed by atoms with Gasteiger partial charge in [-0.2, -0.15) is 0 Å². The second-order valence-electron chi connectivity index (χ2n) is 20.0. The van der Waals surface area contributed by atoms with Gasteiger partial charge in [0.2, 0.25) is 27.7 Å². The standard InChI is InChI=1S/C55H65N5O10S2/c1-7-60(72(67,68)46-30-45-48(36-16-22-40(61)23-17-36)49(50(46)70-45)37-18-24-41(62)25-19-37)39-20-26-43(27-21-39)69-28-10-8-9-11-47(64)58-52(55(4,5)6)54(66)59-31-42(63)29-44(59)53(65)57-33(2)35-12-14-38(15-13-35)51-34(3)56-32-71-51/h12-27,32-33,42,44-46,50,52,61-63H,7-11,28-31H2,1-6H3,(H,57,65)(H,58,64)/t33-,42-,44-,45?,46?,50?,52+/m0/s1. The molecule has 5 N–H and O–H groups in total. The van der Waals surface area contributed by atoms with Crippen molar-refractivity contribution in [2.24, 2.45) is 5.41 Å². The molecule has 3 amide bonds. The Labute approximate surface area is 426 Å². The summed E-state index contributed by atoms with van der Waals surface area (Å²) in [6.45, 7) is 11.8. The van der Waals surface area contributed by atoms with Gasteiger partial charge >= 0.3 is 0 Å². The summed E-state index contributed by atoms with van der Waals surface area (Å²) in [7, 11) is -3.93. The van der Waals surface area contributed by atoms with E-state index in [2.05, 4.69) is 15.6 Å². The number of aliphatic hydroxyl groups is 1. The molecule has 2 bridgehead atoms. The fraction of sp³-hybridized carbons (Fsp3) is 0.418. The van der Waals surface area contributed by atoms with Crippen LogP contribution in [0.2, 0.25) is 0 Å².